The van der Waals surface area contributed by atoms with Crippen molar-refractivity contribution in [3.63, 3.8) is 0 Å². The average Bonchev–Trinajstić information content (AvgIpc) is 3.12. The second-order valence-corrected chi connectivity index (χ2v) is 16.1. The highest BCUT2D eigenvalue weighted by atomic mass is 32.2. The molecule has 0 radical (unpaired) electrons. The minimum Gasteiger partial charge on any atom is -0.384 e. The summed E-state index contributed by atoms with van der Waals surface area (Å²) in [6, 6.07) is 21.2. The van der Waals surface area contributed by atoms with Gasteiger partial charge in [0.1, 0.15) is 0 Å². The average molecular weight is 754 g/mol. The van der Waals surface area contributed by atoms with Crippen LogP contribution in [0.4, 0.5) is 5.69 Å². The fraction of sp³-hybridized carbons (Fsp3) is 0.676. The summed E-state index contributed by atoms with van der Waals surface area (Å²) in [7, 11) is -7.95. The lowest BCUT2D eigenvalue weighted by Gasteiger charge is -2.42. The zero-order valence-corrected chi connectivity index (χ0v) is 32.3. The minimum atomic E-state index is -3.97. The highest BCUT2D eigenvalue weighted by Crippen LogP contribution is 2.36. The van der Waals surface area contributed by atoms with Crippen molar-refractivity contribution in [2.45, 2.75) is 109 Å². The maximum absolute atomic E-state index is 10.3. The number of hydrogen-bond acceptors (Lipinski definition) is 8. The van der Waals surface area contributed by atoms with Crippen molar-refractivity contribution < 1.29 is 30.7 Å². The molecule has 0 unspecified atom stereocenters. The van der Waals surface area contributed by atoms with E-state index in [1.54, 1.807) is 0 Å². The van der Waals surface area contributed by atoms with E-state index in [-0.39, 0.29) is 17.7 Å². The zero-order chi connectivity index (χ0) is 37.0. The van der Waals surface area contributed by atoms with Crippen molar-refractivity contribution in [1.29, 1.82) is 0 Å². The summed E-state index contributed by atoms with van der Waals surface area (Å²) in [5, 5.41) is 3.53. The fourth-order valence-corrected chi connectivity index (χ4v) is 8.40. The van der Waals surface area contributed by atoms with E-state index in [1.165, 1.54) is 24.1 Å². The Morgan fingerprint density at radius 1 is 0.745 bits per heavy atom. The molecule has 0 spiro atoms. The Morgan fingerprint density at radius 2 is 1.22 bits per heavy atom. The summed E-state index contributed by atoms with van der Waals surface area (Å²) in [6.07, 6.45) is 12.0. The van der Waals surface area contributed by atoms with Crippen LogP contribution in [0.2, 0.25) is 0 Å². The molecule has 0 atom stereocenters. The second kappa shape index (κ2) is 22.8. The van der Waals surface area contributed by atoms with Crippen LogP contribution in [-0.4, -0.2) is 100 Å². The Morgan fingerprint density at radius 3 is 1.67 bits per heavy atom. The van der Waals surface area contributed by atoms with Crippen LogP contribution >= 0.6 is 0 Å². The SMILES string of the molecule is CCN(CC)CCOC1(c2ccccc2)CCN(CCNc2ccccc2)CC1.O=S(=O)(O)NC1CCCCC1.O=S(=O)(O)NC1CCCCC1. The summed E-state index contributed by atoms with van der Waals surface area (Å²) in [5.41, 5.74) is 2.39. The molecule has 290 valence electrons. The second-order valence-electron chi connectivity index (χ2n) is 13.7. The molecule has 0 bridgehead atoms. The van der Waals surface area contributed by atoms with Gasteiger partial charge in [0, 0.05) is 50.5 Å². The van der Waals surface area contributed by atoms with E-state index in [9.17, 15) is 16.8 Å². The number of ether oxygens (including phenoxy) is 1. The van der Waals surface area contributed by atoms with Gasteiger partial charge in [0.05, 0.1) is 12.2 Å². The summed E-state index contributed by atoms with van der Waals surface area (Å²) >= 11 is 0. The summed E-state index contributed by atoms with van der Waals surface area (Å²) < 4.78 is 69.2. The van der Waals surface area contributed by atoms with E-state index >= 15 is 0 Å². The molecule has 1 saturated heterocycles. The molecule has 5 N–H and O–H groups in total. The molecule has 1 aliphatic heterocycles. The molecule has 51 heavy (non-hydrogen) atoms. The van der Waals surface area contributed by atoms with E-state index in [0.717, 1.165) is 117 Å². The highest BCUT2D eigenvalue weighted by molar-refractivity contribution is 7.84. The molecular weight excluding hydrogens is 691 g/mol. The zero-order valence-electron chi connectivity index (χ0n) is 30.7. The first kappa shape index (κ1) is 43.3. The Kier molecular flexibility index (Phi) is 19.4. The van der Waals surface area contributed by atoms with Gasteiger partial charge in [0.15, 0.2) is 0 Å². The van der Waals surface area contributed by atoms with Crippen molar-refractivity contribution in [2.75, 3.05) is 57.7 Å². The predicted octanol–water partition coefficient (Wildman–Crippen LogP) is 5.87. The maximum Gasteiger partial charge on any atom is 0.333 e. The van der Waals surface area contributed by atoms with Crippen LogP contribution in [0.25, 0.3) is 0 Å². The van der Waals surface area contributed by atoms with Crippen molar-refractivity contribution >= 4 is 26.3 Å². The molecule has 3 aliphatic rings. The van der Waals surface area contributed by atoms with Gasteiger partial charge >= 0.3 is 20.6 Å². The third kappa shape index (κ3) is 18.0. The van der Waals surface area contributed by atoms with Gasteiger partial charge in [0.25, 0.3) is 0 Å². The molecule has 2 saturated carbocycles. The number of para-hydroxylation sites is 1. The molecule has 5 rings (SSSR count). The minimum absolute atomic E-state index is 0.0428. The molecule has 3 fully saturated rings. The molecule has 12 nitrogen and oxygen atoms in total. The molecule has 1 heterocycles. The third-order valence-corrected chi connectivity index (χ3v) is 11.3. The molecule has 2 aromatic carbocycles. The molecule has 14 heteroatoms. The summed E-state index contributed by atoms with van der Waals surface area (Å²) in [4.78, 5) is 4.99. The quantitative estimate of drug-likeness (QED) is 0.139. The number of nitrogens with zero attached hydrogens (tertiary/aromatic N) is 2. The Hall–Kier alpha value is -2.14. The van der Waals surface area contributed by atoms with Crippen LogP contribution < -0.4 is 14.8 Å². The van der Waals surface area contributed by atoms with Crippen molar-refractivity contribution in [3.8, 4) is 0 Å². The summed E-state index contributed by atoms with van der Waals surface area (Å²) in [5.74, 6) is 0. The first-order valence-electron chi connectivity index (χ1n) is 18.8. The number of likely N-dealkylation sites (N-methyl/N-ethyl adjacent to an activating group) is 1. The number of anilines is 1. The molecular formula is C37H63N5O7S2. The van der Waals surface area contributed by atoms with Gasteiger partial charge in [0.2, 0.25) is 0 Å². The number of nitrogens with one attached hydrogen (secondary N) is 3. The Bertz CT molecular complexity index is 1360. The standard InChI is InChI=1S/C25H37N3O.2C6H13NO3S/c1-3-27(4-2)21-22-29-25(23-11-7-5-8-12-23)15-18-28(19-16-25)20-17-26-24-13-9-6-10-14-24;2*8-11(9,10)7-6-4-2-1-3-5-6/h5-14,26H,3-4,15-22H2,1-2H3;2*6-7H,1-5H2,(H,8,9,10). The van der Waals surface area contributed by atoms with Gasteiger partial charge in [-0.2, -0.15) is 26.3 Å². The van der Waals surface area contributed by atoms with E-state index in [0.29, 0.717) is 0 Å². The van der Waals surface area contributed by atoms with E-state index < -0.39 is 20.6 Å². The van der Waals surface area contributed by atoms with Crippen LogP contribution in [-0.2, 0) is 30.9 Å². The first-order valence-corrected chi connectivity index (χ1v) is 21.7. The number of hydrogen-bond donors (Lipinski definition) is 5. The van der Waals surface area contributed by atoms with Gasteiger partial charge in [-0.1, -0.05) is 101 Å². The fourth-order valence-electron chi connectivity index (χ4n) is 7.08. The van der Waals surface area contributed by atoms with Crippen molar-refractivity contribution in [2.24, 2.45) is 0 Å². The van der Waals surface area contributed by atoms with Gasteiger partial charge in [-0.25, -0.2) is 0 Å². The maximum atomic E-state index is 10.3. The van der Waals surface area contributed by atoms with Gasteiger partial charge in [-0.05, 0) is 69.3 Å². The van der Waals surface area contributed by atoms with Crippen LogP contribution in [0.15, 0.2) is 60.7 Å². The Balaban J connectivity index is 0.000000260. The number of rotatable bonds is 15. The van der Waals surface area contributed by atoms with Gasteiger partial charge < -0.3 is 19.9 Å². The van der Waals surface area contributed by atoms with Crippen LogP contribution in [0.5, 0.6) is 0 Å². The molecule has 0 aromatic heterocycles. The summed E-state index contributed by atoms with van der Waals surface area (Å²) in [6.45, 7) is 12.6. The number of likely N-dealkylation sites (tertiary alicyclic amines) is 1. The normalized spacial score (nSPS) is 19.0. The third-order valence-electron chi connectivity index (χ3n) is 10.0. The smallest absolute Gasteiger partial charge is 0.333 e. The van der Waals surface area contributed by atoms with Gasteiger partial charge in [-0.15, -0.1) is 0 Å². The van der Waals surface area contributed by atoms with E-state index in [2.05, 4.69) is 99.1 Å². The molecule has 2 aromatic rings. The lowest BCUT2D eigenvalue weighted by atomic mass is 9.84. The van der Waals surface area contributed by atoms with Crippen LogP contribution in [0, 0.1) is 0 Å². The first-order chi connectivity index (χ1) is 24.4. The topological polar surface area (TPSA) is 161 Å². The molecule has 0 amide bonds. The number of benzene rings is 2. The van der Waals surface area contributed by atoms with Gasteiger partial charge in [-0.3, -0.25) is 9.11 Å². The van der Waals surface area contributed by atoms with E-state index in [4.69, 9.17) is 13.8 Å². The van der Waals surface area contributed by atoms with E-state index in [1.807, 2.05) is 0 Å². The van der Waals surface area contributed by atoms with Crippen LogP contribution in [0.1, 0.15) is 96.5 Å². The lowest BCUT2D eigenvalue weighted by Crippen LogP contribution is -2.46. The van der Waals surface area contributed by atoms with Crippen LogP contribution in [0.3, 0.4) is 0 Å². The number of piperidine rings is 1. The van der Waals surface area contributed by atoms with Crippen molar-refractivity contribution in [1.82, 2.24) is 19.2 Å². The Labute approximate surface area is 307 Å². The van der Waals surface area contributed by atoms with Crippen molar-refractivity contribution in [3.05, 3.63) is 66.2 Å². The molecule has 2 aliphatic carbocycles. The largest absolute Gasteiger partial charge is 0.384 e. The predicted molar refractivity (Wildman–Crippen MR) is 206 cm³/mol. The lowest BCUT2D eigenvalue weighted by molar-refractivity contribution is -0.0936. The monoisotopic (exact) mass is 753 g/mol. The highest BCUT2D eigenvalue weighted by Gasteiger charge is 2.37.